The molecule has 0 saturated heterocycles. The quantitative estimate of drug-likeness (QED) is 0.0378. The fourth-order valence-electron chi connectivity index (χ4n) is 6.17. The second kappa shape index (κ2) is 22.8. The topological polar surface area (TPSA) is 135 Å². The number of aryl methyl sites for hydroxylation is 2. The molecule has 10 nitrogen and oxygen atoms in total. The zero-order valence-electron chi connectivity index (χ0n) is 32.5. The summed E-state index contributed by atoms with van der Waals surface area (Å²) in [7, 11) is 0. The highest BCUT2D eigenvalue weighted by atomic mass is 32.1. The van der Waals surface area contributed by atoms with Crippen molar-refractivity contribution >= 4 is 50.4 Å². The van der Waals surface area contributed by atoms with Crippen molar-refractivity contribution in [1.82, 2.24) is 9.97 Å². The van der Waals surface area contributed by atoms with Gasteiger partial charge in [0.05, 0.1) is 17.6 Å². The zero-order chi connectivity index (χ0) is 39.5. The number of nitrogens with zero attached hydrogens (tertiary/aromatic N) is 2. The van der Waals surface area contributed by atoms with Crippen LogP contribution in [0, 0.1) is 0 Å². The average Bonchev–Trinajstić information content (AvgIpc) is 3.87. The number of thiazole rings is 2. The number of cyclic esters (lactones) is 1. The number of ether oxygens (including phenoxy) is 3. The highest BCUT2D eigenvalue weighted by molar-refractivity contribution is 7.20. The molecule has 3 aromatic heterocycles. The Morgan fingerprint density at radius 2 is 1.18 bits per heavy atom. The molecule has 2 aromatic carbocycles. The highest BCUT2D eigenvalue weighted by Crippen LogP contribution is 2.25. The van der Waals surface area contributed by atoms with Gasteiger partial charge in [-0.05, 0) is 67.1 Å². The Balaban J connectivity index is 0.000000214. The predicted molar refractivity (Wildman–Crippen MR) is 221 cm³/mol. The van der Waals surface area contributed by atoms with E-state index in [-0.39, 0.29) is 41.0 Å². The first-order valence-electron chi connectivity index (χ1n) is 19.9. The third kappa shape index (κ3) is 13.2. The first-order valence-corrected chi connectivity index (χ1v) is 21.5. The molecule has 12 heteroatoms. The lowest BCUT2D eigenvalue weighted by atomic mass is 10.0. The van der Waals surface area contributed by atoms with E-state index in [4.69, 9.17) is 18.6 Å². The predicted octanol–water partition coefficient (Wildman–Crippen LogP) is 10.4. The minimum atomic E-state index is -0.533. The molecule has 56 heavy (non-hydrogen) atoms. The summed E-state index contributed by atoms with van der Waals surface area (Å²) in [5.74, 6) is 0.403. The van der Waals surface area contributed by atoms with Gasteiger partial charge < -0.3 is 18.6 Å². The fourth-order valence-corrected chi connectivity index (χ4v) is 7.99. The zero-order valence-corrected chi connectivity index (χ0v) is 34.1. The number of carbonyl (C=O) groups is 3. The van der Waals surface area contributed by atoms with E-state index >= 15 is 0 Å². The van der Waals surface area contributed by atoms with E-state index in [1.165, 1.54) is 117 Å². The highest BCUT2D eigenvalue weighted by Gasteiger charge is 2.26. The molecule has 0 saturated carbocycles. The Labute approximate surface area is 336 Å². The van der Waals surface area contributed by atoms with Crippen LogP contribution in [0.1, 0.15) is 137 Å². The van der Waals surface area contributed by atoms with Crippen molar-refractivity contribution in [2.75, 3.05) is 19.8 Å². The molecular formula is C44H52N2O8S2. The Morgan fingerprint density at radius 3 is 1.70 bits per heavy atom. The molecule has 5 aromatic rings. The van der Waals surface area contributed by atoms with E-state index in [2.05, 4.69) is 48.1 Å². The minimum absolute atomic E-state index is 0.0851. The molecule has 0 aliphatic carbocycles. The number of carbonyl (C=O) groups excluding carboxylic acids is 3. The van der Waals surface area contributed by atoms with Gasteiger partial charge in [-0.15, -0.1) is 22.7 Å². The van der Waals surface area contributed by atoms with Gasteiger partial charge in [0.25, 0.3) is 0 Å². The normalized spacial score (nSPS) is 12.1. The van der Waals surface area contributed by atoms with Crippen molar-refractivity contribution < 1.29 is 33.0 Å². The first-order chi connectivity index (χ1) is 27.3. The van der Waals surface area contributed by atoms with Crippen LogP contribution in [0.3, 0.4) is 0 Å². The molecule has 0 fully saturated rings. The van der Waals surface area contributed by atoms with E-state index in [9.17, 15) is 19.2 Å². The summed E-state index contributed by atoms with van der Waals surface area (Å²) in [6.45, 7) is 4.62. The first kappa shape index (κ1) is 42.5. The third-order valence-electron chi connectivity index (χ3n) is 9.40. The van der Waals surface area contributed by atoms with E-state index in [1.54, 1.807) is 6.07 Å². The maximum Gasteiger partial charge on any atom is 0.363 e. The number of fused-ring (bicyclic) bond motifs is 2. The van der Waals surface area contributed by atoms with Crippen LogP contribution in [0.25, 0.3) is 10.2 Å². The molecule has 0 spiro atoms. The van der Waals surface area contributed by atoms with Crippen LogP contribution < -0.4 is 15.1 Å². The number of aromatic nitrogens is 2. The lowest BCUT2D eigenvalue weighted by molar-refractivity contribution is 0.0475. The molecule has 0 bridgehead atoms. The van der Waals surface area contributed by atoms with Crippen LogP contribution in [0.5, 0.6) is 11.5 Å². The van der Waals surface area contributed by atoms with Gasteiger partial charge in [-0.1, -0.05) is 102 Å². The van der Waals surface area contributed by atoms with Crippen molar-refractivity contribution in [2.45, 2.75) is 110 Å². The Hall–Kier alpha value is -4.68. The van der Waals surface area contributed by atoms with Crippen molar-refractivity contribution in [2.24, 2.45) is 0 Å². The Bertz CT molecular complexity index is 2050. The lowest BCUT2D eigenvalue weighted by Crippen LogP contribution is -2.16. The van der Waals surface area contributed by atoms with Gasteiger partial charge >= 0.3 is 11.6 Å². The van der Waals surface area contributed by atoms with Crippen LogP contribution in [0.2, 0.25) is 0 Å². The number of ketones is 2. The summed E-state index contributed by atoms with van der Waals surface area (Å²) in [5, 5.41) is 0.566. The van der Waals surface area contributed by atoms with Crippen molar-refractivity contribution in [1.29, 1.82) is 0 Å². The summed E-state index contributed by atoms with van der Waals surface area (Å²) in [4.78, 5) is 56.9. The van der Waals surface area contributed by atoms with Gasteiger partial charge in [0, 0.05) is 11.3 Å². The van der Waals surface area contributed by atoms with Gasteiger partial charge in [-0.25, -0.2) is 19.6 Å². The Morgan fingerprint density at radius 1 is 0.661 bits per heavy atom. The Kier molecular flexibility index (Phi) is 17.3. The van der Waals surface area contributed by atoms with Crippen LogP contribution in [-0.2, 0) is 24.0 Å². The van der Waals surface area contributed by atoms with E-state index in [0.29, 0.717) is 34.2 Å². The fraction of sp³-hybridized carbons (Fsp3) is 0.455. The number of hydrogen-bond acceptors (Lipinski definition) is 12. The standard InChI is InChI=1S/C22H27NO4S.C22H25NO4S/c2*1-2-3-4-5-6-7-8-16-9-11-17(12-10-16)27-15-18(24)21-23-20-19(28-21)13-14-26-22(20)25/h9-12H,2-8,13-15H2,1H3;9-14H,2-8,15H2,1H3. The number of Topliss-reactive ketones (excluding diaryl/α,β-unsaturated/α-hetero) is 2. The van der Waals surface area contributed by atoms with E-state index in [1.807, 2.05) is 24.3 Å². The molecule has 0 radical (unpaired) electrons. The number of esters is 1. The van der Waals surface area contributed by atoms with Gasteiger partial charge in [0.1, 0.15) is 11.5 Å². The molecule has 298 valence electrons. The van der Waals surface area contributed by atoms with Crippen molar-refractivity contribution in [3.8, 4) is 11.5 Å². The van der Waals surface area contributed by atoms with E-state index in [0.717, 1.165) is 17.7 Å². The van der Waals surface area contributed by atoms with Crippen molar-refractivity contribution in [3.05, 3.63) is 103 Å². The van der Waals surface area contributed by atoms with Gasteiger partial charge in [-0.3, -0.25) is 9.59 Å². The number of unbranched alkanes of at least 4 members (excludes halogenated alkanes) is 10. The lowest BCUT2D eigenvalue weighted by Gasteiger charge is -2.08. The van der Waals surface area contributed by atoms with Gasteiger partial charge in [0.15, 0.2) is 34.4 Å². The summed E-state index contributed by atoms with van der Waals surface area (Å²) < 4.78 is 21.6. The molecule has 0 amide bonds. The summed E-state index contributed by atoms with van der Waals surface area (Å²) in [6.07, 6.45) is 19.5. The molecule has 4 heterocycles. The maximum atomic E-state index is 12.3. The largest absolute Gasteiger partial charge is 0.485 e. The van der Waals surface area contributed by atoms with Crippen LogP contribution in [0.15, 0.2) is 70.1 Å². The van der Waals surface area contributed by atoms with Gasteiger partial charge in [-0.2, -0.15) is 0 Å². The monoisotopic (exact) mass is 800 g/mol. The third-order valence-corrected chi connectivity index (χ3v) is 11.6. The number of rotatable bonds is 22. The molecule has 0 N–H and O–H groups in total. The summed E-state index contributed by atoms with van der Waals surface area (Å²) in [5.41, 5.74) is 2.51. The van der Waals surface area contributed by atoms with Crippen LogP contribution >= 0.6 is 22.7 Å². The second-order valence-electron chi connectivity index (χ2n) is 13.9. The molecule has 6 rings (SSSR count). The second-order valence-corrected chi connectivity index (χ2v) is 16.0. The minimum Gasteiger partial charge on any atom is -0.485 e. The molecule has 0 atom stereocenters. The molecule has 1 aliphatic rings. The molecule has 1 aliphatic heterocycles. The van der Waals surface area contributed by atoms with Crippen LogP contribution in [-0.4, -0.2) is 47.3 Å². The average molecular weight is 801 g/mol. The maximum absolute atomic E-state index is 12.3. The van der Waals surface area contributed by atoms with Gasteiger partial charge in [0.2, 0.25) is 11.6 Å². The summed E-state index contributed by atoms with van der Waals surface area (Å²) >= 11 is 2.43. The summed E-state index contributed by atoms with van der Waals surface area (Å²) in [6, 6.07) is 17.5. The number of hydrogen-bond donors (Lipinski definition) is 0. The molecular weight excluding hydrogens is 749 g/mol. The SMILES string of the molecule is CCCCCCCCc1ccc(OCC(=O)c2nc3c(=O)occc3s2)cc1.CCCCCCCCc1ccc(OCC(=O)c2nc3c(s2)CCOC3=O)cc1. The van der Waals surface area contributed by atoms with Crippen molar-refractivity contribution in [3.63, 3.8) is 0 Å². The molecule has 0 unspecified atom stereocenters. The van der Waals surface area contributed by atoms with Crippen LogP contribution in [0.4, 0.5) is 0 Å². The smallest absolute Gasteiger partial charge is 0.363 e. The number of benzene rings is 2. The van der Waals surface area contributed by atoms with E-state index < -0.39 is 11.6 Å².